The zero-order valence-electron chi connectivity index (χ0n) is 14.4. The van der Waals surface area contributed by atoms with Gasteiger partial charge in [-0.25, -0.2) is 9.37 Å². The molecule has 0 spiro atoms. The summed E-state index contributed by atoms with van der Waals surface area (Å²) in [6, 6.07) is 17.4. The molecule has 0 fully saturated rings. The number of anilines is 1. The zero-order valence-corrected chi connectivity index (χ0v) is 14.4. The highest BCUT2D eigenvalue weighted by Gasteiger charge is 2.14. The number of hydrogen-bond acceptors (Lipinski definition) is 4. The highest BCUT2D eigenvalue weighted by atomic mass is 19.1. The average Bonchev–Trinajstić information content (AvgIpc) is 2.66. The van der Waals surface area contributed by atoms with Gasteiger partial charge >= 0.3 is 0 Å². The number of nitriles is 1. The Balaban J connectivity index is 2.07. The van der Waals surface area contributed by atoms with E-state index < -0.39 is 0 Å². The van der Waals surface area contributed by atoms with E-state index in [0.29, 0.717) is 29.0 Å². The standard InChI is InChI=1S/C21H18FN3O/c1-2-10-26-17-8-6-14(7-9-17)18-12-20(25-21(24)19(18)13-23)15-4-3-5-16(22)11-15/h3-9,11-12H,2,10H2,1H3,(H2,24,25). The lowest BCUT2D eigenvalue weighted by Gasteiger charge is -2.11. The summed E-state index contributed by atoms with van der Waals surface area (Å²) in [6.45, 7) is 2.69. The van der Waals surface area contributed by atoms with Gasteiger partial charge in [0.25, 0.3) is 0 Å². The maximum absolute atomic E-state index is 13.5. The van der Waals surface area contributed by atoms with E-state index in [1.807, 2.05) is 31.2 Å². The third kappa shape index (κ3) is 3.65. The van der Waals surface area contributed by atoms with E-state index in [4.69, 9.17) is 10.5 Å². The molecule has 0 saturated heterocycles. The second-order valence-corrected chi connectivity index (χ2v) is 5.81. The third-order valence-corrected chi connectivity index (χ3v) is 3.92. The summed E-state index contributed by atoms with van der Waals surface area (Å²) < 4.78 is 19.1. The maximum atomic E-state index is 13.5. The summed E-state index contributed by atoms with van der Waals surface area (Å²) in [4.78, 5) is 4.26. The molecule has 0 amide bonds. The molecule has 1 heterocycles. The SMILES string of the molecule is CCCOc1ccc(-c2cc(-c3cccc(F)c3)nc(N)c2C#N)cc1. The molecule has 0 saturated carbocycles. The number of nitrogens with zero attached hydrogens (tertiary/aromatic N) is 2. The molecule has 0 aliphatic heterocycles. The number of nitrogen functional groups attached to an aromatic ring is 1. The molecule has 5 heteroatoms. The predicted molar refractivity (Wildman–Crippen MR) is 100.0 cm³/mol. The minimum absolute atomic E-state index is 0.121. The molecular weight excluding hydrogens is 329 g/mol. The second-order valence-electron chi connectivity index (χ2n) is 5.81. The van der Waals surface area contributed by atoms with Gasteiger partial charge in [-0.3, -0.25) is 0 Å². The second kappa shape index (κ2) is 7.66. The van der Waals surface area contributed by atoms with E-state index in [0.717, 1.165) is 17.7 Å². The van der Waals surface area contributed by atoms with Crippen molar-refractivity contribution in [1.82, 2.24) is 4.98 Å². The van der Waals surface area contributed by atoms with Crippen LogP contribution < -0.4 is 10.5 Å². The van der Waals surface area contributed by atoms with Crippen LogP contribution in [0.2, 0.25) is 0 Å². The van der Waals surface area contributed by atoms with Crippen LogP contribution in [0.4, 0.5) is 10.2 Å². The van der Waals surface area contributed by atoms with Gasteiger partial charge in [-0.15, -0.1) is 0 Å². The lowest BCUT2D eigenvalue weighted by molar-refractivity contribution is 0.317. The fourth-order valence-electron chi connectivity index (χ4n) is 2.66. The van der Waals surface area contributed by atoms with E-state index in [1.165, 1.54) is 12.1 Å². The molecule has 0 bridgehead atoms. The quantitative estimate of drug-likeness (QED) is 0.720. The molecule has 4 nitrogen and oxygen atoms in total. The maximum Gasteiger partial charge on any atom is 0.142 e. The van der Waals surface area contributed by atoms with Gasteiger partial charge in [0, 0.05) is 11.1 Å². The number of benzene rings is 2. The van der Waals surface area contributed by atoms with Crippen molar-refractivity contribution in [3.8, 4) is 34.2 Å². The van der Waals surface area contributed by atoms with Crippen molar-refractivity contribution < 1.29 is 9.13 Å². The van der Waals surface area contributed by atoms with Crippen molar-refractivity contribution >= 4 is 5.82 Å². The number of rotatable bonds is 5. The molecule has 1 aromatic heterocycles. The van der Waals surface area contributed by atoms with Crippen molar-refractivity contribution in [2.45, 2.75) is 13.3 Å². The highest BCUT2D eigenvalue weighted by molar-refractivity contribution is 5.80. The van der Waals surface area contributed by atoms with Crippen LogP contribution in [0.5, 0.6) is 5.75 Å². The Kier molecular flexibility index (Phi) is 5.14. The number of pyridine rings is 1. The van der Waals surface area contributed by atoms with Crippen molar-refractivity contribution in [3.63, 3.8) is 0 Å². The van der Waals surface area contributed by atoms with Gasteiger partial charge in [-0.1, -0.05) is 31.2 Å². The van der Waals surface area contributed by atoms with E-state index in [-0.39, 0.29) is 11.6 Å². The van der Waals surface area contributed by atoms with Gasteiger partial charge in [-0.2, -0.15) is 5.26 Å². The number of hydrogen-bond donors (Lipinski definition) is 1. The predicted octanol–water partition coefficient (Wildman–Crippen LogP) is 4.80. The summed E-state index contributed by atoms with van der Waals surface area (Å²) in [6.07, 6.45) is 0.929. The van der Waals surface area contributed by atoms with Gasteiger partial charge in [0.1, 0.15) is 29.0 Å². The Morgan fingerprint density at radius 3 is 2.54 bits per heavy atom. The molecule has 3 rings (SSSR count). The topological polar surface area (TPSA) is 71.9 Å². The number of halogens is 1. The Morgan fingerprint density at radius 2 is 1.88 bits per heavy atom. The van der Waals surface area contributed by atoms with Gasteiger partial charge in [-0.05, 0) is 42.3 Å². The van der Waals surface area contributed by atoms with E-state index in [9.17, 15) is 9.65 Å². The lowest BCUT2D eigenvalue weighted by Crippen LogP contribution is -2.00. The Labute approximate surface area is 151 Å². The first-order chi connectivity index (χ1) is 12.6. The number of ether oxygens (including phenoxy) is 1. The Bertz CT molecular complexity index is 962. The normalized spacial score (nSPS) is 10.3. The van der Waals surface area contributed by atoms with Gasteiger partial charge in [0.15, 0.2) is 0 Å². The first-order valence-corrected chi connectivity index (χ1v) is 8.32. The molecule has 130 valence electrons. The molecule has 0 aliphatic carbocycles. The van der Waals surface area contributed by atoms with Gasteiger partial charge < -0.3 is 10.5 Å². The van der Waals surface area contributed by atoms with Crippen LogP contribution in [0.1, 0.15) is 18.9 Å². The summed E-state index contributed by atoms with van der Waals surface area (Å²) in [5.74, 6) is 0.531. The molecular formula is C21H18FN3O. The average molecular weight is 347 g/mol. The van der Waals surface area contributed by atoms with Crippen molar-refractivity contribution in [1.29, 1.82) is 5.26 Å². The van der Waals surface area contributed by atoms with Crippen LogP contribution in [0, 0.1) is 17.1 Å². The van der Waals surface area contributed by atoms with Crippen molar-refractivity contribution in [2.75, 3.05) is 12.3 Å². The van der Waals surface area contributed by atoms with Crippen LogP contribution in [-0.2, 0) is 0 Å². The zero-order chi connectivity index (χ0) is 18.5. The molecule has 0 atom stereocenters. The Hall–Kier alpha value is -3.39. The molecule has 26 heavy (non-hydrogen) atoms. The molecule has 2 aromatic carbocycles. The van der Waals surface area contributed by atoms with E-state index in [2.05, 4.69) is 11.1 Å². The first kappa shape index (κ1) is 17.4. The molecule has 2 N–H and O–H groups in total. The largest absolute Gasteiger partial charge is 0.494 e. The summed E-state index contributed by atoms with van der Waals surface area (Å²) in [7, 11) is 0. The number of aromatic nitrogens is 1. The van der Waals surface area contributed by atoms with Gasteiger partial charge in [0.05, 0.1) is 12.3 Å². The van der Waals surface area contributed by atoms with Crippen LogP contribution in [0.3, 0.4) is 0 Å². The van der Waals surface area contributed by atoms with Crippen molar-refractivity contribution in [2.24, 2.45) is 0 Å². The van der Waals surface area contributed by atoms with Crippen LogP contribution in [0.25, 0.3) is 22.4 Å². The minimum Gasteiger partial charge on any atom is -0.494 e. The fourth-order valence-corrected chi connectivity index (χ4v) is 2.66. The summed E-state index contributed by atoms with van der Waals surface area (Å²) in [5, 5.41) is 9.48. The third-order valence-electron chi connectivity index (χ3n) is 3.92. The molecule has 0 radical (unpaired) electrons. The van der Waals surface area contributed by atoms with Crippen LogP contribution in [-0.4, -0.2) is 11.6 Å². The van der Waals surface area contributed by atoms with Gasteiger partial charge in [0.2, 0.25) is 0 Å². The summed E-state index contributed by atoms with van der Waals surface area (Å²) >= 11 is 0. The first-order valence-electron chi connectivity index (χ1n) is 8.32. The minimum atomic E-state index is -0.355. The molecule has 3 aromatic rings. The number of nitrogens with two attached hydrogens (primary N) is 1. The molecule has 0 unspecified atom stereocenters. The van der Waals surface area contributed by atoms with E-state index >= 15 is 0 Å². The molecule has 0 aliphatic rings. The fraction of sp³-hybridized carbons (Fsp3) is 0.143. The van der Waals surface area contributed by atoms with Crippen LogP contribution >= 0.6 is 0 Å². The smallest absolute Gasteiger partial charge is 0.142 e. The Morgan fingerprint density at radius 1 is 1.12 bits per heavy atom. The monoisotopic (exact) mass is 347 g/mol. The van der Waals surface area contributed by atoms with Crippen LogP contribution in [0.15, 0.2) is 54.6 Å². The summed E-state index contributed by atoms with van der Waals surface area (Å²) in [5.41, 5.74) is 8.88. The highest BCUT2D eigenvalue weighted by Crippen LogP contribution is 2.32. The van der Waals surface area contributed by atoms with Crippen molar-refractivity contribution in [3.05, 3.63) is 66.0 Å². The van der Waals surface area contributed by atoms with E-state index in [1.54, 1.807) is 18.2 Å². The lowest BCUT2D eigenvalue weighted by atomic mass is 9.98.